The number of nitrogens with one attached hydrogen (secondary N) is 2. The van der Waals surface area contributed by atoms with Crippen LogP contribution in [0.1, 0.15) is 23.6 Å². The predicted octanol–water partition coefficient (Wildman–Crippen LogP) is 0.668. The van der Waals surface area contributed by atoms with Crippen molar-refractivity contribution in [2.24, 2.45) is 0 Å². The van der Waals surface area contributed by atoms with Crippen molar-refractivity contribution in [2.75, 3.05) is 33.4 Å². The number of nitrogens with zero attached hydrogens (tertiary/aromatic N) is 1. The molecule has 2 N–H and O–H groups in total. The van der Waals surface area contributed by atoms with E-state index in [0.717, 1.165) is 26.1 Å². The summed E-state index contributed by atoms with van der Waals surface area (Å²) in [6.07, 6.45) is 1.02. The average Bonchev–Trinajstić information content (AvgIpc) is 2.76. The summed E-state index contributed by atoms with van der Waals surface area (Å²) < 4.78 is 5.53. The van der Waals surface area contributed by atoms with Gasteiger partial charge in [-0.3, -0.25) is 9.69 Å². The highest BCUT2D eigenvalue weighted by atomic mass is 16.5. The van der Waals surface area contributed by atoms with Crippen molar-refractivity contribution in [1.82, 2.24) is 15.5 Å². The summed E-state index contributed by atoms with van der Waals surface area (Å²) in [5.41, 5.74) is 2.68. The molecule has 1 saturated heterocycles. The van der Waals surface area contributed by atoms with E-state index in [0.29, 0.717) is 13.2 Å². The Morgan fingerprint density at radius 2 is 2.29 bits per heavy atom. The van der Waals surface area contributed by atoms with Gasteiger partial charge in [-0.25, -0.2) is 0 Å². The Labute approximate surface area is 125 Å². The number of fused-ring (bicyclic) bond motifs is 1. The summed E-state index contributed by atoms with van der Waals surface area (Å²) in [6, 6.07) is 8.63. The van der Waals surface area contributed by atoms with Gasteiger partial charge in [0.1, 0.15) is 6.04 Å². The number of carbonyl (C=O) groups excluding carboxylic acids is 1. The maximum Gasteiger partial charge on any atom is 0.239 e. The van der Waals surface area contributed by atoms with Crippen LogP contribution in [-0.2, 0) is 16.1 Å². The van der Waals surface area contributed by atoms with E-state index < -0.39 is 0 Å². The van der Waals surface area contributed by atoms with E-state index in [4.69, 9.17) is 4.74 Å². The third kappa shape index (κ3) is 2.95. The Morgan fingerprint density at radius 1 is 1.43 bits per heavy atom. The van der Waals surface area contributed by atoms with Crippen LogP contribution >= 0.6 is 0 Å². The number of benzene rings is 1. The van der Waals surface area contributed by atoms with Gasteiger partial charge in [0.05, 0.1) is 13.2 Å². The summed E-state index contributed by atoms with van der Waals surface area (Å²) >= 11 is 0. The highest BCUT2D eigenvalue weighted by Gasteiger charge is 2.35. The van der Waals surface area contributed by atoms with Crippen LogP contribution < -0.4 is 10.6 Å². The second-order valence-electron chi connectivity index (χ2n) is 5.62. The van der Waals surface area contributed by atoms with E-state index in [1.165, 1.54) is 11.1 Å². The molecule has 0 radical (unpaired) electrons. The maximum atomic E-state index is 12.2. The Hall–Kier alpha value is -1.43. The molecule has 0 saturated carbocycles. The molecule has 2 atom stereocenters. The number of hydrogen-bond donors (Lipinski definition) is 2. The molecule has 1 aromatic rings. The maximum absolute atomic E-state index is 12.2. The zero-order chi connectivity index (χ0) is 14.7. The molecule has 2 aliphatic rings. The lowest BCUT2D eigenvalue weighted by molar-refractivity contribution is -0.134. The molecule has 2 unspecified atom stereocenters. The van der Waals surface area contributed by atoms with Gasteiger partial charge in [0.2, 0.25) is 5.91 Å². The first-order valence-corrected chi connectivity index (χ1v) is 7.65. The molecule has 21 heavy (non-hydrogen) atoms. The van der Waals surface area contributed by atoms with Gasteiger partial charge in [0, 0.05) is 26.2 Å². The van der Waals surface area contributed by atoms with Gasteiger partial charge in [-0.05, 0) is 24.1 Å². The van der Waals surface area contributed by atoms with Crippen molar-refractivity contribution in [1.29, 1.82) is 0 Å². The minimum atomic E-state index is -0.195. The molecule has 2 aliphatic heterocycles. The average molecular weight is 289 g/mol. The lowest BCUT2D eigenvalue weighted by Gasteiger charge is -2.40. The summed E-state index contributed by atoms with van der Waals surface area (Å²) in [5.74, 6) is 0.0457. The molecular formula is C16H23N3O2. The lowest BCUT2D eigenvalue weighted by atomic mass is 9.96. The molecule has 0 spiro atoms. The van der Waals surface area contributed by atoms with Gasteiger partial charge >= 0.3 is 0 Å². The number of ether oxygens (including phenoxy) is 1. The van der Waals surface area contributed by atoms with Crippen LogP contribution in [0.15, 0.2) is 24.3 Å². The SMILES string of the molecule is CNC(=O)C1COCCN1C1CCNCc2ccccc21. The minimum absolute atomic E-state index is 0.0457. The van der Waals surface area contributed by atoms with E-state index in [1.807, 2.05) is 0 Å². The zero-order valence-electron chi connectivity index (χ0n) is 12.5. The van der Waals surface area contributed by atoms with Crippen LogP contribution in [0, 0.1) is 0 Å². The zero-order valence-corrected chi connectivity index (χ0v) is 12.5. The van der Waals surface area contributed by atoms with Crippen LogP contribution in [0.2, 0.25) is 0 Å². The highest BCUT2D eigenvalue weighted by molar-refractivity contribution is 5.81. The topological polar surface area (TPSA) is 53.6 Å². The third-order valence-electron chi connectivity index (χ3n) is 4.44. The third-order valence-corrected chi connectivity index (χ3v) is 4.44. The van der Waals surface area contributed by atoms with Crippen molar-refractivity contribution < 1.29 is 9.53 Å². The van der Waals surface area contributed by atoms with Gasteiger partial charge < -0.3 is 15.4 Å². The standard InChI is InChI=1S/C16H23N3O2/c1-17-16(20)15-11-21-9-8-19(15)14-6-7-18-10-12-4-2-3-5-13(12)14/h2-5,14-15,18H,6-11H2,1H3,(H,17,20). The number of morpholine rings is 1. The van der Waals surface area contributed by atoms with Gasteiger partial charge in [-0.2, -0.15) is 0 Å². The molecule has 0 aromatic heterocycles. The Morgan fingerprint density at radius 3 is 3.14 bits per heavy atom. The summed E-state index contributed by atoms with van der Waals surface area (Å²) in [5, 5.41) is 6.24. The number of amides is 1. The van der Waals surface area contributed by atoms with Crippen molar-refractivity contribution >= 4 is 5.91 Å². The molecule has 0 bridgehead atoms. The van der Waals surface area contributed by atoms with Gasteiger partial charge in [0.25, 0.3) is 0 Å². The first-order chi connectivity index (χ1) is 10.3. The fraction of sp³-hybridized carbons (Fsp3) is 0.562. The van der Waals surface area contributed by atoms with Crippen LogP contribution in [0.5, 0.6) is 0 Å². The van der Waals surface area contributed by atoms with Crippen LogP contribution in [0.3, 0.4) is 0 Å². The molecule has 1 fully saturated rings. The first-order valence-electron chi connectivity index (χ1n) is 7.65. The largest absolute Gasteiger partial charge is 0.378 e. The molecule has 114 valence electrons. The smallest absolute Gasteiger partial charge is 0.239 e. The monoisotopic (exact) mass is 289 g/mol. The Balaban J connectivity index is 1.91. The summed E-state index contributed by atoms with van der Waals surface area (Å²) in [6.45, 7) is 3.85. The van der Waals surface area contributed by atoms with E-state index in [2.05, 4.69) is 39.8 Å². The fourth-order valence-corrected chi connectivity index (χ4v) is 3.36. The number of rotatable bonds is 2. The van der Waals surface area contributed by atoms with Crippen molar-refractivity contribution in [2.45, 2.75) is 25.0 Å². The molecule has 5 heteroatoms. The molecule has 1 amide bonds. The molecule has 5 nitrogen and oxygen atoms in total. The second kappa shape index (κ2) is 6.56. The quantitative estimate of drug-likeness (QED) is 0.840. The lowest BCUT2D eigenvalue weighted by Crippen LogP contribution is -2.54. The van der Waals surface area contributed by atoms with Crippen LogP contribution in [0.4, 0.5) is 0 Å². The van der Waals surface area contributed by atoms with Gasteiger partial charge in [0.15, 0.2) is 0 Å². The molecule has 3 rings (SSSR count). The highest BCUT2D eigenvalue weighted by Crippen LogP contribution is 2.31. The van der Waals surface area contributed by atoms with Crippen molar-refractivity contribution in [3.8, 4) is 0 Å². The fourth-order valence-electron chi connectivity index (χ4n) is 3.36. The minimum Gasteiger partial charge on any atom is -0.378 e. The van der Waals surface area contributed by atoms with E-state index in [-0.39, 0.29) is 18.0 Å². The first kappa shape index (κ1) is 14.5. The molecule has 2 heterocycles. The number of hydrogen-bond acceptors (Lipinski definition) is 4. The van der Waals surface area contributed by atoms with E-state index in [9.17, 15) is 4.79 Å². The summed E-state index contributed by atoms with van der Waals surface area (Å²) in [7, 11) is 1.69. The van der Waals surface area contributed by atoms with Crippen molar-refractivity contribution in [3.63, 3.8) is 0 Å². The molecular weight excluding hydrogens is 266 g/mol. The Kier molecular flexibility index (Phi) is 4.53. The predicted molar refractivity (Wildman–Crippen MR) is 80.9 cm³/mol. The second-order valence-corrected chi connectivity index (χ2v) is 5.62. The summed E-state index contributed by atoms with van der Waals surface area (Å²) in [4.78, 5) is 14.5. The van der Waals surface area contributed by atoms with Crippen LogP contribution in [0.25, 0.3) is 0 Å². The Bertz CT molecular complexity index is 506. The van der Waals surface area contributed by atoms with E-state index in [1.54, 1.807) is 7.05 Å². The van der Waals surface area contributed by atoms with Gasteiger partial charge in [-0.1, -0.05) is 24.3 Å². The molecule has 1 aromatic carbocycles. The normalized spacial score (nSPS) is 26.7. The number of carbonyl (C=O) groups is 1. The van der Waals surface area contributed by atoms with Crippen molar-refractivity contribution in [3.05, 3.63) is 35.4 Å². The van der Waals surface area contributed by atoms with Gasteiger partial charge in [-0.15, -0.1) is 0 Å². The molecule has 0 aliphatic carbocycles. The van der Waals surface area contributed by atoms with E-state index >= 15 is 0 Å². The van der Waals surface area contributed by atoms with Crippen LogP contribution in [-0.4, -0.2) is 50.2 Å². The number of likely N-dealkylation sites (N-methyl/N-ethyl adjacent to an activating group) is 1.